The molecule has 0 saturated carbocycles. The molecule has 0 radical (unpaired) electrons. The summed E-state index contributed by atoms with van der Waals surface area (Å²) in [6.45, 7) is 0.463. The molecule has 0 aliphatic carbocycles. The van der Waals surface area contributed by atoms with Gasteiger partial charge in [-0.05, 0) is 22.0 Å². The number of nitrogen functional groups attached to an aromatic ring is 1. The Labute approximate surface area is 90.0 Å². The number of hydrogen-bond donors (Lipinski definition) is 3. The molecule has 0 spiro atoms. The largest absolute Gasteiger partial charge is 0.397 e. The van der Waals surface area contributed by atoms with Gasteiger partial charge < -0.3 is 16.8 Å². The minimum absolute atomic E-state index is 0.276. The Morgan fingerprint density at radius 1 is 1.64 bits per heavy atom. The number of halogens is 1. The van der Waals surface area contributed by atoms with Gasteiger partial charge in [-0.3, -0.25) is 4.79 Å². The average Bonchev–Trinajstić information content (AvgIpc) is 2.08. The van der Waals surface area contributed by atoms with E-state index in [4.69, 9.17) is 11.5 Å². The van der Waals surface area contributed by atoms with Gasteiger partial charge in [-0.15, -0.1) is 0 Å². The lowest BCUT2D eigenvalue weighted by atomic mass is 10.4. The fraction of sp³-hybridized carbons (Fsp3) is 0.250. The summed E-state index contributed by atoms with van der Waals surface area (Å²) >= 11 is 3.29. The van der Waals surface area contributed by atoms with Crippen molar-refractivity contribution >= 4 is 33.3 Å². The molecular formula is C8H11BrN4O. The van der Waals surface area contributed by atoms with Crippen molar-refractivity contribution < 1.29 is 4.79 Å². The van der Waals surface area contributed by atoms with Crippen LogP contribution in [0, 0.1) is 0 Å². The van der Waals surface area contributed by atoms with E-state index < -0.39 is 0 Å². The highest BCUT2D eigenvalue weighted by atomic mass is 79.9. The Morgan fingerprint density at radius 2 is 2.36 bits per heavy atom. The van der Waals surface area contributed by atoms with Crippen molar-refractivity contribution in [3.63, 3.8) is 0 Å². The summed E-state index contributed by atoms with van der Waals surface area (Å²) in [4.78, 5) is 14.5. The molecule has 0 fully saturated rings. The smallest absolute Gasteiger partial charge is 0.219 e. The summed E-state index contributed by atoms with van der Waals surface area (Å²) in [6, 6.07) is 1.74. The maximum absolute atomic E-state index is 10.5. The zero-order valence-electron chi connectivity index (χ0n) is 7.46. The van der Waals surface area contributed by atoms with Crippen molar-refractivity contribution in [3.05, 3.63) is 16.7 Å². The highest BCUT2D eigenvalue weighted by molar-refractivity contribution is 9.10. The molecular weight excluding hydrogens is 248 g/mol. The number of carbonyl (C=O) groups excluding carboxylic acids is 1. The number of amides is 1. The lowest BCUT2D eigenvalue weighted by molar-refractivity contribution is -0.117. The van der Waals surface area contributed by atoms with Crippen molar-refractivity contribution in [1.29, 1.82) is 0 Å². The van der Waals surface area contributed by atoms with Crippen molar-refractivity contribution in [1.82, 2.24) is 4.98 Å². The molecule has 0 aliphatic heterocycles. The molecule has 0 aromatic carbocycles. The van der Waals surface area contributed by atoms with Crippen molar-refractivity contribution in [2.24, 2.45) is 5.73 Å². The number of rotatable bonds is 4. The van der Waals surface area contributed by atoms with Crippen LogP contribution >= 0.6 is 15.9 Å². The van der Waals surface area contributed by atoms with Crippen LogP contribution in [0.5, 0.6) is 0 Å². The van der Waals surface area contributed by atoms with Crippen molar-refractivity contribution in [2.45, 2.75) is 6.42 Å². The van der Waals surface area contributed by atoms with Gasteiger partial charge in [0.25, 0.3) is 0 Å². The summed E-state index contributed by atoms with van der Waals surface area (Å²) in [5, 5.41) is 2.96. The number of nitrogens with one attached hydrogen (secondary N) is 1. The summed E-state index contributed by atoms with van der Waals surface area (Å²) < 4.78 is 0.766. The molecule has 0 bridgehead atoms. The monoisotopic (exact) mass is 258 g/mol. The van der Waals surface area contributed by atoms with Crippen molar-refractivity contribution in [2.75, 3.05) is 17.6 Å². The van der Waals surface area contributed by atoms with Crippen LogP contribution in [0.25, 0.3) is 0 Å². The van der Waals surface area contributed by atoms with Crippen LogP contribution in [-0.2, 0) is 4.79 Å². The molecule has 1 aromatic heterocycles. The molecule has 0 aliphatic rings. The van der Waals surface area contributed by atoms with Gasteiger partial charge in [-0.1, -0.05) is 0 Å². The van der Waals surface area contributed by atoms with Gasteiger partial charge in [0, 0.05) is 13.0 Å². The van der Waals surface area contributed by atoms with E-state index in [1.165, 1.54) is 6.20 Å². The first-order chi connectivity index (χ1) is 6.59. The molecule has 5 nitrogen and oxygen atoms in total. The predicted octanol–water partition coefficient (Wildman–Crippen LogP) is 0.714. The summed E-state index contributed by atoms with van der Waals surface area (Å²) in [7, 11) is 0. The van der Waals surface area contributed by atoms with Gasteiger partial charge >= 0.3 is 0 Å². The first-order valence-electron chi connectivity index (χ1n) is 4.03. The van der Waals surface area contributed by atoms with Crippen LogP contribution in [0.4, 0.5) is 11.5 Å². The summed E-state index contributed by atoms with van der Waals surface area (Å²) in [5.41, 5.74) is 11.1. The second-order valence-electron chi connectivity index (χ2n) is 2.74. The van der Waals surface area contributed by atoms with E-state index >= 15 is 0 Å². The third kappa shape index (κ3) is 3.21. The number of nitrogens with two attached hydrogens (primary N) is 2. The second-order valence-corrected chi connectivity index (χ2v) is 3.60. The molecule has 76 valence electrons. The van der Waals surface area contributed by atoms with Crippen LogP contribution < -0.4 is 16.8 Å². The number of anilines is 2. The minimum atomic E-state index is -0.343. The van der Waals surface area contributed by atoms with Crippen LogP contribution in [-0.4, -0.2) is 17.4 Å². The Bertz CT molecular complexity index is 342. The predicted molar refractivity (Wildman–Crippen MR) is 58.7 cm³/mol. The molecule has 6 heteroatoms. The highest BCUT2D eigenvalue weighted by Gasteiger charge is 2.01. The van der Waals surface area contributed by atoms with E-state index in [2.05, 4.69) is 26.2 Å². The Morgan fingerprint density at radius 3 is 2.93 bits per heavy atom. The van der Waals surface area contributed by atoms with Crippen molar-refractivity contribution in [3.8, 4) is 0 Å². The molecule has 1 heterocycles. The fourth-order valence-corrected chi connectivity index (χ4v) is 1.39. The maximum atomic E-state index is 10.5. The van der Waals surface area contributed by atoms with Gasteiger partial charge in [0.05, 0.1) is 16.4 Å². The normalized spacial score (nSPS) is 9.79. The number of pyridine rings is 1. The molecule has 14 heavy (non-hydrogen) atoms. The lowest BCUT2D eigenvalue weighted by Gasteiger charge is -2.06. The van der Waals surface area contributed by atoms with E-state index in [9.17, 15) is 4.79 Å². The molecule has 0 atom stereocenters. The maximum Gasteiger partial charge on any atom is 0.219 e. The SMILES string of the molecule is NC(=O)CCNc1ncc(N)cc1Br. The summed E-state index contributed by atoms with van der Waals surface area (Å²) in [6.07, 6.45) is 1.82. The molecule has 0 saturated heterocycles. The van der Waals surface area contributed by atoms with Gasteiger partial charge in [0.15, 0.2) is 0 Å². The topological polar surface area (TPSA) is 94.0 Å². The third-order valence-electron chi connectivity index (χ3n) is 1.53. The lowest BCUT2D eigenvalue weighted by Crippen LogP contribution is -2.16. The number of aromatic nitrogens is 1. The molecule has 5 N–H and O–H groups in total. The number of hydrogen-bond acceptors (Lipinski definition) is 4. The van der Waals surface area contributed by atoms with Crippen LogP contribution in [0.1, 0.15) is 6.42 Å². The highest BCUT2D eigenvalue weighted by Crippen LogP contribution is 2.21. The minimum Gasteiger partial charge on any atom is -0.397 e. The molecule has 0 unspecified atom stereocenters. The summed E-state index contributed by atoms with van der Waals surface area (Å²) in [5.74, 6) is 0.310. The Hall–Kier alpha value is -1.30. The van der Waals surface area contributed by atoms with Crippen LogP contribution in [0.15, 0.2) is 16.7 Å². The van der Waals surface area contributed by atoms with E-state index in [-0.39, 0.29) is 12.3 Å². The van der Waals surface area contributed by atoms with E-state index in [0.717, 1.165) is 4.47 Å². The molecule has 1 aromatic rings. The van der Waals surface area contributed by atoms with Gasteiger partial charge in [0.1, 0.15) is 5.82 Å². The van der Waals surface area contributed by atoms with Crippen LogP contribution in [0.2, 0.25) is 0 Å². The Kier molecular flexibility index (Phi) is 3.70. The fourth-order valence-electron chi connectivity index (χ4n) is 0.887. The van der Waals surface area contributed by atoms with E-state index in [0.29, 0.717) is 18.1 Å². The first kappa shape index (κ1) is 10.8. The average molecular weight is 259 g/mol. The standard InChI is InChI=1S/C8H11BrN4O/c9-6-3-5(10)4-13-8(6)12-2-1-7(11)14/h3-4H,1-2,10H2,(H2,11,14)(H,12,13). The third-order valence-corrected chi connectivity index (χ3v) is 2.13. The van der Waals surface area contributed by atoms with Gasteiger partial charge in [0.2, 0.25) is 5.91 Å². The first-order valence-corrected chi connectivity index (χ1v) is 4.82. The van der Waals surface area contributed by atoms with E-state index in [1.807, 2.05) is 0 Å². The number of carbonyl (C=O) groups is 1. The zero-order valence-corrected chi connectivity index (χ0v) is 9.04. The quantitative estimate of drug-likeness (QED) is 0.742. The van der Waals surface area contributed by atoms with Gasteiger partial charge in [-0.25, -0.2) is 4.98 Å². The second kappa shape index (κ2) is 4.80. The Balaban J connectivity index is 2.55. The molecule has 1 rings (SSSR count). The van der Waals surface area contributed by atoms with E-state index in [1.54, 1.807) is 6.07 Å². The number of primary amides is 1. The molecule has 1 amide bonds. The zero-order chi connectivity index (χ0) is 10.6. The van der Waals surface area contributed by atoms with Gasteiger partial charge in [-0.2, -0.15) is 0 Å². The number of nitrogens with zero attached hydrogens (tertiary/aromatic N) is 1. The van der Waals surface area contributed by atoms with Crippen LogP contribution in [0.3, 0.4) is 0 Å².